The average Bonchev–Trinajstić information content (AvgIpc) is 3.25. The Labute approximate surface area is 170 Å². The molecule has 6 nitrogen and oxygen atoms in total. The van der Waals surface area contributed by atoms with Gasteiger partial charge in [-0.1, -0.05) is 0 Å². The number of halogens is 2. The highest BCUT2D eigenvalue weighted by Gasteiger charge is 2.13. The van der Waals surface area contributed by atoms with E-state index in [1.165, 1.54) is 48.9 Å². The zero-order chi connectivity index (χ0) is 20.9. The molecular formula is C22H16F2N4O2. The highest BCUT2D eigenvalue weighted by atomic mass is 19.1. The number of hydrogen-bond donors (Lipinski definition) is 1. The molecule has 150 valence electrons. The van der Waals surface area contributed by atoms with E-state index in [1.54, 1.807) is 35.0 Å². The molecular weight excluding hydrogens is 390 g/mol. The lowest BCUT2D eigenvalue weighted by Gasteiger charge is -2.10. The average molecular weight is 406 g/mol. The van der Waals surface area contributed by atoms with Crippen molar-refractivity contribution in [2.75, 3.05) is 0 Å². The standard InChI is InChI=1S/C22H16F2N4O2/c23-16-1-5-18(6-2-16)28-14-25-13-20(28)22(29)27-12-15-9-10-26-21(11-15)30-19-7-3-17(24)4-8-19/h1-11,13-14H,12H2,(H,27,29). The first-order valence-corrected chi connectivity index (χ1v) is 9.03. The number of imidazole rings is 1. The summed E-state index contributed by atoms with van der Waals surface area (Å²) in [5, 5.41) is 2.81. The van der Waals surface area contributed by atoms with E-state index in [4.69, 9.17) is 4.74 Å². The zero-order valence-corrected chi connectivity index (χ0v) is 15.6. The summed E-state index contributed by atoms with van der Waals surface area (Å²) in [5.41, 5.74) is 1.71. The van der Waals surface area contributed by atoms with Gasteiger partial charge in [-0.25, -0.2) is 18.7 Å². The third-order valence-corrected chi connectivity index (χ3v) is 4.26. The molecule has 30 heavy (non-hydrogen) atoms. The van der Waals surface area contributed by atoms with Crippen molar-refractivity contribution in [2.24, 2.45) is 0 Å². The van der Waals surface area contributed by atoms with Crippen molar-refractivity contribution in [1.29, 1.82) is 0 Å². The molecule has 0 bridgehead atoms. The summed E-state index contributed by atoms with van der Waals surface area (Å²) >= 11 is 0. The van der Waals surface area contributed by atoms with Crippen molar-refractivity contribution in [2.45, 2.75) is 6.54 Å². The van der Waals surface area contributed by atoms with Gasteiger partial charge in [0.2, 0.25) is 5.88 Å². The van der Waals surface area contributed by atoms with E-state index in [9.17, 15) is 13.6 Å². The number of hydrogen-bond acceptors (Lipinski definition) is 4. The van der Waals surface area contributed by atoms with Crippen molar-refractivity contribution in [1.82, 2.24) is 19.9 Å². The smallest absolute Gasteiger partial charge is 0.270 e. The number of aromatic nitrogens is 3. The van der Waals surface area contributed by atoms with E-state index >= 15 is 0 Å². The second kappa shape index (κ2) is 8.52. The maximum atomic E-state index is 13.1. The molecule has 0 fully saturated rings. The predicted octanol–water partition coefficient (Wildman–Crippen LogP) is 4.27. The summed E-state index contributed by atoms with van der Waals surface area (Å²) in [4.78, 5) is 20.8. The quantitative estimate of drug-likeness (QED) is 0.519. The Balaban J connectivity index is 1.43. The second-order valence-electron chi connectivity index (χ2n) is 6.37. The summed E-state index contributed by atoms with van der Waals surface area (Å²) in [6.07, 6.45) is 4.49. The highest BCUT2D eigenvalue weighted by Crippen LogP contribution is 2.20. The number of nitrogens with zero attached hydrogens (tertiary/aromatic N) is 3. The molecule has 1 amide bonds. The van der Waals surface area contributed by atoms with Gasteiger partial charge in [0, 0.05) is 24.5 Å². The minimum atomic E-state index is -0.360. The molecule has 2 aromatic heterocycles. The monoisotopic (exact) mass is 406 g/mol. The topological polar surface area (TPSA) is 69.0 Å². The van der Waals surface area contributed by atoms with E-state index < -0.39 is 0 Å². The number of benzene rings is 2. The molecule has 0 unspecified atom stereocenters. The van der Waals surface area contributed by atoms with Crippen LogP contribution in [0.4, 0.5) is 8.78 Å². The van der Waals surface area contributed by atoms with Gasteiger partial charge in [0.05, 0.1) is 12.5 Å². The fourth-order valence-corrected chi connectivity index (χ4v) is 2.78. The molecule has 2 aromatic carbocycles. The van der Waals surface area contributed by atoms with Gasteiger partial charge in [-0.05, 0) is 60.2 Å². The van der Waals surface area contributed by atoms with Crippen molar-refractivity contribution in [3.8, 4) is 17.3 Å². The Morgan fingerprint density at radius 1 is 1.00 bits per heavy atom. The van der Waals surface area contributed by atoms with Gasteiger partial charge in [-0.2, -0.15) is 0 Å². The third-order valence-electron chi connectivity index (χ3n) is 4.26. The summed E-state index contributed by atoms with van der Waals surface area (Å²) in [7, 11) is 0. The van der Waals surface area contributed by atoms with Crippen LogP contribution >= 0.6 is 0 Å². The van der Waals surface area contributed by atoms with Crippen LogP contribution in [0.25, 0.3) is 5.69 Å². The lowest BCUT2D eigenvalue weighted by atomic mass is 10.2. The molecule has 4 aromatic rings. The van der Waals surface area contributed by atoms with Crippen LogP contribution in [0.5, 0.6) is 11.6 Å². The van der Waals surface area contributed by atoms with Crippen LogP contribution in [0, 0.1) is 11.6 Å². The molecule has 0 radical (unpaired) electrons. The van der Waals surface area contributed by atoms with Crippen LogP contribution in [0.3, 0.4) is 0 Å². The van der Waals surface area contributed by atoms with E-state index in [-0.39, 0.29) is 24.1 Å². The molecule has 2 heterocycles. The third kappa shape index (κ3) is 4.49. The van der Waals surface area contributed by atoms with Crippen molar-refractivity contribution in [3.63, 3.8) is 0 Å². The van der Waals surface area contributed by atoms with E-state index in [2.05, 4.69) is 15.3 Å². The normalized spacial score (nSPS) is 10.6. The molecule has 1 N–H and O–H groups in total. The Kier molecular flexibility index (Phi) is 5.47. The summed E-state index contributed by atoms with van der Waals surface area (Å²) in [5.74, 6) is -0.277. The van der Waals surface area contributed by atoms with Crippen molar-refractivity contribution in [3.05, 3.63) is 102 Å². The lowest BCUT2D eigenvalue weighted by Crippen LogP contribution is -2.25. The second-order valence-corrected chi connectivity index (χ2v) is 6.37. The van der Waals surface area contributed by atoms with Gasteiger partial charge in [0.15, 0.2) is 0 Å². The number of amides is 1. The van der Waals surface area contributed by atoms with Crippen LogP contribution < -0.4 is 10.1 Å². The molecule has 0 aliphatic carbocycles. The van der Waals surface area contributed by atoms with Crippen LogP contribution in [0.2, 0.25) is 0 Å². The van der Waals surface area contributed by atoms with E-state index in [1.807, 2.05) is 0 Å². The van der Waals surface area contributed by atoms with Crippen LogP contribution in [0.1, 0.15) is 16.1 Å². The molecule has 8 heteroatoms. The van der Waals surface area contributed by atoms with E-state index in [0.717, 1.165) is 5.56 Å². The van der Waals surface area contributed by atoms with Gasteiger partial charge in [0.1, 0.15) is 23.1 Å². The molecule has 0 spiro atoms. The molecule has 0 atom stereocenters. The first-order chi connectivity index (χ1) is 14.6. The predicted molar refractivity (Wildman–Crippen MR) is 105 cm³/mol. The zero-order valence-electron chi connectivity index (χ0n) is 15.6. The van der Waals surface area contributed by atoms with Crippen LogP contribution in [-0.2, 0) is 6.54 Å². The van der Waals surface area contributed by atoms with Crippen LogP contribution in [-0.4, -0.2) is 20.4 Å². The minimum Gasteiger partial charge on any atom is -0.439 e. The maximum absolute atomic E-state index is 13.1. The summed E-state index contributed by atoms with van der Waals surface area (Å²) < 4.78 is 33.3. The lowest BCUT2D eigenvalue weighted by molar-refractivity contribution is 0.0944. The number of carbonyl (C=O) groups excluding carboxylic acids is 1. The molecule has 0 aliphatic rings. The van der Waals surface area contributed by atoms with E-state index in [0.29, 0.717) is 23.0 Å². The van der Waals surface area contributed by atoms with Gasteiger partial charge in [-0.3, -0.25) is 9.36 Å². The summed E-state index contributed by atoms with van der Waals surface area (Å²) in [6.45, 7) is 0.232. The SMILES string of the molecule is O=C(NCc1ccnc(Oc2ccc(F)cc2)c1)c1cncn1-c1ccc(F)cc1. The maximum Gasteiger partial charge on any atom is 0.270 e. The molecule has 0 aliphatic heterocycles. The number of ether oxygens (including phenoxy) is 1. The number of nitrogens with one attached hydrogen (secondary N) is 1. The first kappa shape index (κ1) is 19.3. The summed E-state index contributed by atoms with van der Waals surface area (Å²) in [6, 6.07) is 14.8. The Morgan fingerprint density at radius 2 is 1.70 bits per heavy atom. The number of rotatable bonds is 6. The van der Waals surface area contributed by atoms with Crippen LogP contribution in [0.15, 0.2) is 79.4 Å². The Hall–Kier alpha value is -4.07. The van der Waals surface area contributed by atoms with Gasteiger partial charge >= 0.3 is 0 Å². The van der Waals surface area contributed by atoms with Crippen molar-refractivity contribution < 1.29 is 18.3 Å². The molecule has 0 saturated heterocycles. The number of pyridine rings is 1. The van der Waals surface area contributed by atoms with Crippen molar-refractivity contribution >= 4 is 5.91 Å². The minimum absolute atomic E-state index is 0.232. The van der Waals surface area contributed by atoms with Gasteiger partial charge < -0.3 is 10.1 Å². The fraction of sp³-hybridized carbons (Fsp3) is 0.0455. The first-order valence-electron chi connectivity index (χ1n) is 9.03. The highest BCUT2D eigenvalue weighted by molar-refractivity contribution is 5.92. The van der Waals surface area contributed by atoms with Gasteiger partial charge in [-0.15, -0.1) is 0 Å². The van der Waals surface area contributed by atoms with Gasteiger partial charge in [0.25, 0.3) is 5.91 Å². The molecule has 0 saturated carbocycles. The fourth-order valence-electron chi connectivity index (χ4n) is 2.78. The molecule has 4 rings (SSSR count). The Morgan fingerprint density at radius 3 is 2.43 bits per heavy atom. The largest absolute Gasteiger partial charge is 0.439 e. The number of carbonyl (C=O) groups is 1. The Bertz CT molecular complexity index is 1160.